The van der Waals surface area contributed by atoms with Gasteiger partial charge in [-0.2, -0.15) is 0 Å². The Kier molecular flexibility index (Phi) is 8.36. The van der Waals surface area contributed by atoms with Gasteiger partial charge >= 0.3 is 0 Å². The molecule has 0 amide bonds. The fourth-order valence-corrected chi connectivity index (χ4v) is 2.70. The van der Waals surface area contributed by atoms with Crippen molar-refractivity contribution in [1.82, 2.24) is 14.5 Å². The highest BCUT2D eigenvalue weighted by molar-refractivity contribution is 6.07. The number of imidazole rings is 1. The summed E-state index contributed by atoms with van der Waals surface area (Å²) in [4.78, 5) is 11.3. The van der Waals surface area contributed by atoms with E-state index in [0.29, 0.717) is 5.82 Å². The van der Waals surface area contributed by atoms with Crippen LogP contribution in [0, 0.1) is 5.92 Å². The number of benzene rings is 1. The molecule has 5 heteroatoms. The molecule has 0 radical (unpaired) electrons. The molecule has 0 unspecified atom stereocenters. The molecule has 0 aliphatic heterocycles. The molecule has 2 N–H and O–H groups in total. The minimum Gasteiger partial charge on any atom is -0.382 e. The van der Waals surface area contributed by atoms with Gasteiger partial charge in [-0.25, -0.2) is 9.97 Å². The Morgan fingerprint density at radius 3 is 2.27 bits per heavy atom. The van der Waals surface area contributed by atoms with Gasteiger partial charge in [-0.15, -0.1) is 0 Å². The molecule has 0 saturated heterocycles. The zero-order valence-electron chi connectivity index (χ0n) is 17.7. The molecule has 3 aromatic rings. The average molecular weight is 358 g/mol. The summed E-state index contributed by atoms with van der Waals surface area (Å²) < 4.78 is 2.10. The average Bonchev–Trinajstić information content (AvgIpc) is 2.95. The minimum absolute atomic E-state index is 0.491. The lowest BCUT2D eigenvalue weighted by molar-refractivity contribution is 0.737. The normalized spacial score (nSPS) is 10.3. The maximum absolute atomic E-state index is 6.07. The zero-order valence-corrected chi connectivity index (χ0v) is 17.7. The van der Waals surface area contributed by atoms with Gasteiger partial charge in [-0.3, -0.25) is 0 Å². The predicted octanol–water partition coefficient (Wildman–Crippen LogP) is 5.24. The second-order valence-corrected chi connectivity index (χ2v) is 6.84. The first-order chi connectivity index (χ1) is 12.4. The lowest BCUT2D eigenvalue weighted by Crippen LogP contribution is -2.21. The monoisotopic (exact) mass is 357 g/mol. The SMILES string of the molecule is CC.CC(C)C.CCCN(C)c1nc2c(N)nc3ccccc3c2n1C. The van der Waals surface area contributed by atoms with Crippen LogP contribution in [-0.2, 0) is 7.05 Å². The van der Waals surface area contributed by atoms with E-state index in [1.165, 1.54) is 0 Å². The minimum atomic E-state index is 0.491. The third-order valence-corrected chi connectivity index (χ3v) is 3.61. The van der Waals surface area contributed by atoms with Crippen molar-refractivity contribution in [2.24, 2.45) is 13.0 Å². The van der Waals surface area contributed by atoms with E-state index in [9.17, 15) is 0 Å². The Balaban J connectivity index is 0.000000500. The fourth-order valence-electron chi connectivity index (χ4n) is 2.70. The topological polar surface area (TPSA) is 60.0 Å². The van der Waals surface area contributed by atoms with Crippen molar-refractivity contribution in [1.29, 1.82) is 0 Å². The quantitative estimate of drug-likeness (QED) is 0.696. The molecule has 3 rings (SSSR count). The number of fused-ring (bicyclic) bond motifs is 3. The zero-order chi connectivity index (χ0) is 19.9. The van der Waals surface area contributed by atoms with E-state index in [2.05, 4.69) is 60.2 Å². The summed E-state index contributed by atoms with van der Waals surface area (Å²) in [5, 5.41) is 1.09. The Hall–Kier alpha value is -2.30. The van der Waals surface area contributed by atoms with Gasteiger partial charge in [0, 0.05) is 26.0 Å². The van der Waals surface area contributed by atoms with Crippen LogP contribution in [0.25, 0.3) is 21.9 Å². The Bertz CT molecular complexity index is 817. The van der Waals surface area contributed by atoms with E-state index in [0.717, 1.165) is 46.8 Å². The number of nitrogens with zero attached hydrogens (tertiary/aromatic N) is 4. The third-order valence-electron chi connectivity index (χ3n) is 3.61. The van der Waals surface area contributed by atoms with Crippen LogP contribution in [0.15, 0.2) is 24.3 Å². The molecule has 0 aliphatic rings. The molecule has 5 nitrogen and oxygen atoms in total. The van der Waals surface area contributed by atoms with E-state index in [-0.39, 0.29) is 0 Å². The second-order valence-electron chi connectivity index (χ2n) is 6.84. The largest absolute Gasteiger partial charge is 0.382 e. The van der Waals surface area contributed by atoms with Crippen LogP contribution in [-0.4, -0.2) is 28.1 Å². The van der Waals surface area contributed by atoms with Gasteiger partial charge in [-0.05, 0) is 18.4 Å². The first kappa shape index (κ1) is 21.7. The number of aryl methyl sites for hydroxylation is 1. The molecule has 0 spiro atoms. The van der Waals surface area contributed by atoms with Gasteiger partial charge in [0.2, 0.25) is 5.95 Å². The molecule has 0 atom stereocenters. The smallest absolute Gasteiger partial charge is 0.206 e. The van der Waals surface area contributed by atoms with Crippen LogP contribution in [0.1, 0.15) is 48.0 Å². The molecule has 0 aliphatic carbocycles. The van der Waals surface area contributed by atoms with Crippen LogP contribution in [0.5, 0.6) is 0 Å². The molecular formula is C21H35N5. The van der Waals surface area contributed by atoms with Crippen molar-refractivity contribution < 1.29 is 0 Å². The van der Waals surface area contributed by atoms with E-state index >= 15 is 0 Å². The molecule has 0 saturated carbocycles. The summed E-state index contributed by atoms with van der Waals surface area (Å²) in [5.41, 5.74) is 8.81. The number of anilines is 2. The van der Waals surface area contributed by atoms with Gasteiger partial charge in [0.05, 0.1) is 11.0 Å². The van der Waals surface area contributed by atoms with Crippen LogP contribution in [0.2, 0.25) is 0 Å². The molecule has 2 aromatic heterocycles. The summed E-state index contributed by atoms with van der Waals surface area (Å²) >= 11 is 0. The number of hydrogen-bond donors (Lipinski definition) is 1. The Labute approximate surface area is 158 Å². The predicted molar refractivity (Wildman–Crippen MR) is 116 cm³/mol. The van der Waals surface area contributed by atoms with Crippen LogP contribution in [0.4, 0.5) is 11.8 Å². The summed E-state index contributed by atoms with van der Waals surface area (Å²) in [6.45, 7) is 13.6. The van der Waals surface area contributed by atoms with E-state index < -0.39 is 0 Å². The van der Waals surface area contributed by atoms with Gasteiger partial charge < -0.3 is 15.2 Å². The molecule has 144 valence electrons. The van der Waals surface area contributed by atoms with Crippen molar-refractivity contribution in [2.75, 3.05) is 24.2 Å². The number of hydrogen-bond acceptors (Lipinski definition) is 4. The van der Waals surface area contributed by atoms with Gasteiger partial charge in [0.15, 0.2) is 5.82 Å². The second kappa shape index (κ2) is 10.00. The third kappa shape index (κ3) is 4.87. The van der Waals surface area contributed by atoms with E-state index in [4.69, 9.17) is 5.73 Å². The van der Waals surface area contributed by atoms with Gasteiger partial charge in [-0.1, -0.05) is 59.7 Å². The first-order valence-electron chi connectivity index (χ1n) is 9.58. The molecule has 0 bridgehead atoms. The number of rotatable bonds is 3. The van der Waals surface area contributed by atoms with Crippen molar-refractivity contribution in [3.05, 3.63) is 24.3 Å². The van der Waals surface area contributed by atoms with Gasteiger partial charge in [0.25, 0.3) is 0 Å². The van der Waals surface area contributed by atoms with Gasteiger partial charge in [0.1, 0.15) is 5.52 Å². The van der Waals surface area contributed by atoms with Crippen molar-refractivity contribution in [3.63, 3.8) is 0 Å². The van der Waals surface area contributed by atoms with Crippen molar-refractivity contribution in [3.8, 4) is 0 Å². The number of aromatic nitrogens is 3. The fraction of sp³-hybridized carbons (Fsp3) is 0.524. The van der Waals surface area contributed by atoms with E-state index in [1.807, 2.05) is 39.1 Å². The summed E-state index contributed by atoms with van der Waals surface area (Å²) in [6, 6.07) is 8.03. The summed E-state index contributed by atoms with van der Waals surface area (Å²) in [6.07, 6.45) is 1.08. The first-order valence-corrected chi connectivity index (χ1v) is 9.58. The van der Waals surface area contributed by atoms with Crippen LogP contribution < -0.4 is 10.6 Å². The lowest BCUT2D eigenvalue weighted by Gasteiger charge is -2.17. The number of para-hydroxylation sites is 1. The highest BCUT2D eigenvalue weighted by Crippen LogP contribution is 2.30. The Morgan fingerprint density at radius 2 is 1.69 bits per heavy atom. The highest BCUT2D eigenvalue weighted by atomic mass is 15.3. The number of nitrogens with two attached hydrogens (primary N) is 1. The number of nitrogen functional groups attached to an aromatic ring is 1. The van der Waals surface area contributed by atoms with Crippen molar-refractivity contribution in [2.45, 2.75) is 48.0 Å². The molecular weight excluding hydrogens is 322 g/mol. The summed E-state index contributed by atoms with van der Waals surface area (Å²) in [7, 11) is 4.08. The Morgan fingerprint density at radius 1 is 1.12 bits per heavy atom. The highest BCUT2D eigenvalue weighted by Gasteiger charge is 2.16. The molecule has 0 fully saturated rings. The molecule has 26 heavy (non-hydrogen) atoms. The summed E-state index contributed by atoms with van der Waals surface area (Å²) in [5.74, 6) is 2.25. The molecule has 2 heterocycles. The number of pyridine rings is 1. The maximum atomic E-state index is 6.07. The standard InChI is InChI=1S/C15H19N5.C4H10.C2H6/c1-4-9-19(2)15-18-12-13(20(15)3)10-7-5-6-8-11(10)17-14(12)16;1-4(2)3;1-2/h5-8H,4,9H2,1-3H3,(H2,16,17);4H,1-3H3;1-2H3. The lowest BCUT2D eigenvalue weighted by atomic mass is 10.2. The maximum Gasteiger partial charge on any atom is 0.206 e. The van der Waals surface area contributed by atoms with E-state index in [1.54, 1.807) is 0 Å². The van der Waals surface area contributed by atoms with Crippen LogP contribution >= 0.6 is 0 Å². The van der Waals surface area contributed by atoms with Crippen LogP contribution in [0.3, 0.4) is 0 Å². The van der Waals surface area contributed by atoms with Crippen molar-refractivity contribution >= 4 is 33.7 Å². The molecule has 1 aromatic carbocycles.